The molecular formula is C24H33N3OS. The summed E-state index contributed by atoms with van der Waals surface area (Å²) in [5.41, 5.74) is 3.29. The number of nitrogens with zero attached hydrogens (tertiary/aromatic N) is 3. The Morgan fingerprint density at radius 3 is 2.52 bits per heavy atom. The molecule has 2 aliphatic rings. The third-order valence-corrected chi connectivity index (χ3v) is 7.64. The second-order valence-electron chi connectivity index (χ2n) is 8.83. The molecule has 2 aliphatic heterocycles. The Morgan fingerprint density at radius 2 is 1.83 bits per heavy atom. The maximum absolute atomic E-state index is 13.2. The van der Waals surface area contributed by atoms with Crippen molar-refractivity contribution in [2.45, 2.75) is 64.8 Å². The van der Waals surface area contributed by atoms with Crippen LogP contribution in [0.1, 0.15) is 72.8 Å². The van der Waals surface area contributed by atoms with E-state index in [-0.39, 0.29) is 5.91 Å². The highest BCUT2D eigenvalue weighted by Gasteiger charge is 2.29. The van der Waals surface area contributed by atoms with E-state index in [1.54, 1.807) is 11.3 Å². The van der Waals surface area contributed by atoms with Gasteiger partial charge in [0.05, 0.1) is 5.69 Å². The van der Waals surface area contributed by atoms with Crippen LogP contribution in [0.3, 0.4) is 0 Å². The van der Waals surface area contributed by atoms with Crippen LogP contribution in [0, 0.1) is 6.92 Å². The van der Waals surface area contributed by atoms with Crippen LogP contribution >= 0.6 is 11.3 Å². The van der Waals surface area contributed by atoms with E-state index in [9.17, 15) is 4.79 Å². The Labute approximate surface area is 178 Å². The van der Waals surface area contributed by atoms with E-state index in [0.29, 0.717) is 12.0 Å². The molecular weight excluding hydrogens is 378 g/mol. The zero-order valence-electron chi connectivity index (χ0n) is 18.0. The van der Waals surface area contributed by atoms with Gasteiger partial charge in [0.2, 0.25) is 0 Å². The van der Waals surface area contributed by atoms with Crippen molar-refractivity contribution in [3.8, 4) is 10.6 Å². The van der Waals surface area contributed by atoms with E-state index in [1.807, 2.05) is 6.92 Å². The maximum Gasteiger partial charge on any atom is 0.265 e. The van der Waals surface area contributed by atoms with Crippen molar-refractivity contribution in [2.75, 3.05) is 26.2 Å². The van der Waals surface area contributed by atoms with E-state index < -0.39 is 0 Å². The smallest absolute Gasteiger partial charge is 0.265 e. The Kier molecular flexibility index (Phi) is 6.35. The standard InChI is InChI=1S/C24H33N3OS/c1-17(2)19-8-7-9-20(16-19)23-25-18(3)22(29-23)24(28)27-14-10-21(11-15-27)26-12-5-4-6-13-26/h7-9,16-17,21H,4-6,10-15H2,1-3H3. The van der Waals surface area contributed by atoms with Crippen LogP contribution in [0.25, 0.3) is 10.6 Å². The normalized spacial score (nSPS) is 19.1. The van der Waals surface area contributed by atoms with Gasteiger partial charge in [-0.1, -0.05) is 38.5 Å². The van der Waals surface area contributed by atoms with Gasteiger partial charge in [-0.2, -0.15) is 0 Å². The highest BCUT2D eigenvalue weighted by Crippen LogP contribution is 2.31. The molecule has 0 N–H and O–H groups in total. The first-order valence-corrected chi connectivity index (χ1v) is 12.0. The fourth-order valence-electron chi connectivity index (χ4n) is 4.61. The molecule has 5 heteroatoms. The first kappa shape index (κ1) is 20.5. The summed E-state index contributed by atoms with van der Waals surface area (Å²) in [5, 5.41) is 0.955. The number of amides is 1. The third kappa shape index (κ3) is 4.56. The van der Waals surface area contributed by atoms with Crippen molar-refractivity contribution in [3.63, 3.8) is 0 Å². The number of aryl methyl sites for hydroxylation is 1. The average Bonchev–Trinajstić information content (AvgIpc) is 3.15. The molecule has 4 nitrogen and oxygen atoms in total. The number of likely N-dealkylation sites (tertiary alicyclic amines) is 2. The molecule has 1 amide bonds. The lowest BCUT2D eigenvalue weighted by Crippen LogP contribution is -2.48. The highest BCUT2D eigenvalue weighted by molar-refractivity contribution is 7.17. The van der Waals surface area contributed by atoms with Crippen molar-refractivity contribution < 1.29 is 4.79 Å². The predicted octanol–water partition coefficient (Wildman–Crippen LogP) is 5.33. The molecule has 0 radical (unpaired) electrons. The molecule has 1 aromatic heterocycles. The van der Waals surface area contributed by atoms with Crippen LogP contribution in [0.2, 0.25) is 0 Å². The van der Waals surface area contributed by atoms with E-state index in [4.69, 9.17) is 4.98 Å². The Hall–Kier alpha value is -1.72. The van der Waals surface area contributed by atoms with Crippen molar-refractivity contribution in [1.82, 2.24) is 14.8 Å². The SMILES string of the molecule is Cc1nc(-c2cccc(C(C)C)c2)sc1C(=O)N1CCC(N2CCCCC2)CC1. The minimum absolute atomic E-state index is 0.170. The highest BCUT2D eigenvalue weighted by atomic mass is 32.1. The summed E-state index contributed by atoms with van der Waals surface area (Å²) < 4.78 is 0. The summed E-state index contributed by atoms with van der Waals surface area (Å²) in [7, 11) is 0. The summed E-state index contributed by atoms with van der Waals surface area (Å²) in [6.07, 6.45) is 6.25. The van der Waals surface area contributed by atoms with Gasteiger partial charge in [-0.05, 0) is 63.2 Å². The molecule has 2 saturated heterocycles. The van der Waals surface area contributed by atoms with Gasteiger partial charge in [-0.15, -0.1) is 11.3 Å². The molecule has 29 heavy (non-hydrogen) atoms. The van der Waals surface area contributed by atoms with Crippen LogP contribution in [-0.2, 0) is 0 Å². The number of thiazole rings is 1. The van der Waals surface area contributed by atoms with Gasteiger partial charge in [0.25, 0.3) is 5.91 Å². The number of aromatic nitrogens is 1. The molecule has 0 saturated carbocycles. The lowest BCUT2D eigenvalue weighted by molar-refractivity contribution is 0.0593. The molecule has 4 rings (SSSR count). The number of hydrogen-bond donors (Lipinski definition) is 0. The third-order valence-electron chi connectivity index (χ3n) is 6.45. The summed E-state index contributed by atoms with van der Waals surface area (Å²) in [4.78, 5) is 23.5. The number of rotatable bonds is 4. The van der Waals surface area contributed by atoms with Gasteiger partial charge in [0.15, 0.2) is 0 Å². The zero-order valence-corrected chi connectivity index (χ0v) is 18.8. The first-order chi connectivity index (χ1) is 14.0. The molecule has 0 bridgehead atoms. The fourth-order valence-corrected chi connectivity index (χ4v) is 5.64. The van der Waals surface area contributed by atoms with Crippen LogP contribution < -0.4 is 0 Å². The van der Waals surface area contributed by atoms with Crippen LogP contribution in [-0.4, -0.2) is 52.9 Å². The van der Waals surface area contributed by atoms with Gasteiger partial charge in [0.1, 0.15) is 9.88 Å². The Balaban J connectivity index is 1.44. The fraction of sp³-hybridized carbons (Fsp3) is 0.583. The second-order valence-corrected chi connectivity index (χ2v) is 9.83. The monoisotopic (exact) mass is 411 g/mol. The van der Waals surface area contributed by atoms with E-state index in [2.05, 4.69) is 47.9 Å². The van der Waals surface area contributed by atoms with Gasteiger partial charge in [0, 0.05) is 24.7 Å². The molecule has 0 spiro atoms. The quantitative estimate of drug-likeness (QED) is 0.682. The molecule has 2 aromatic rings. The minimum atomic E-state index is 0.170. The average molecular weight is 412 g/mol. The minimum Gasteiger partial charge on any atom is -0.338 e. The molecule has 156 valence electrons. The summed E-state index contributed by atoms with van der Waals surface area (Å²) in [6.45, 7) is 10.6. The summed E-state index contributed by atoms with van der Waals surface area (Å²) in [5.74, 6) is 0.654. The molecule has 0 atom stereocenters. The molecule has 0 aliphatic carbocycles. The largest absolute Gasteiger partial charge is 0.338 e. The maximum atomic E-state index is 13.2. The number of piperidine rings is 2. The number of benzene rings is 1. The zero-order chi connectivity index (χ0) is 20.4. The molecule has 1 aromatic carbocycles. The molecule has 2 fully saturated rings. The summed E-state index contributed by atoms with van der Waals surface area (Å²) >= 11 is 1.55. The lowest BCUT2D eigenvalue weighted by Gasteiger charge is -2.40. The number of hydrogen-bond acceptors (Lipinski definition) is 4. The van der Waals surface area contributed by atoms with E-state index in [1.165, 1.54) is 37.9 Å². The van der Waals surface area contributed by atoms with Gasteiger partial charge >= 0.3 is 0 Å². The number of carbonyl (C=O) groups excluding carboxylic acids is 1. The van der Waals surface area contributed by atoms with Crippen molar-refractivity contribution in [3.05, 3.63) is 40.4 Å². The Bertz CT molecular complexity index is 846. The van der Waals surface area contributed by atoms with Crippen molar-refractivity contribution in [2.24, 2.45) is 0 Å². The van der Waals surface area contributed by atoms with E-state index >= 15 is 0 Å². The lowest BCUT2D eigenvalue weighted by atomic mass is 10.00. The van der Waals surface area contributed by atoms with Gasteiger partial charge in [-0.3, -0.25) is 4.79 Å². The van der Waals surface area contributed by atoms with Gasteiger partial charge in [-0.25, -0.2) is 4.98 Å². The van der Waals surface area contributed by atoms with Crippen LogP contribution in [0.15, 0.2) is 24.3 Å². The second kappa shape index (κ2) is 8.97. The topological polar surface area (TPSA) is 36.4 Å². The number of carbonyl (C=O) groups is 1. The van der Waals surface area contributed by atoms with Gasteiger partial charge < -0.3 is 9.80 Å². The van der Waals surface area contributed by atoms with Crippen LogP contribution in [0.4, 0.5) is 0 Å². The van der Waals surface area contributed by atoms with Crippen molar-refractivity contribution >= 4 is 17.2 Å². The first-order valence-electron chi connectivity index (χ1n) is 11.1. The Morgan fingerprint density at radius 1 is 1.10 bits per heavy atom. The van der Waals surface area contributed by atoms with Crippen molar-refractivity contribution in [1.29, 1.82) is 0 Å². The van der Waals surface area contributed by atoms with E-state index in [0.717, 1.165) is 47.1 Å². The molecule has 3 heterocycles. The summed E-state index contributed by atoms with van der Waals surface area (Å²) in [6, 6.07) is 9.22. The predicted molar refractivity (Wildman–Crippen MR) is 121 cm³/mol. The van der Waals surface area contributed by atoms with Crippen LogP contribution in [0.5, 0.6) is 0 Å². The molecule has 0 unspecified atom stereocenters.